The Balaban J connectivity index is 2.55. The molecule has 0 aromatic rings. The minimum Gasteiger partial charge on any atom is -0.478 e. The van der Waals surface area contributed by atoms with E-state index >= 15 is 0 Å². The topological polar surface area (TPSA) is 81.8 Å². The maximum Gasteiger partial charge on any atom is 0.333 e. The molecule has 0 spiro atoms. The second-order valence-corrected chi connectivity index (χ2v) is 3.80. The number of carboxylic acid groups (broad SMARTS) is 1. The molecule has 0 radical (unpaired) electrons. The van der Waals surface area contributed by atoms with E-state index in [1.54, 1.807) is 6.92 Å². The van der Waals surface area contributed by atoms with Crippen molar-refractivity contribution in [3.63, 3.8) is 0 Å². The fourth-order valence-corrected chi connectivity index (χ4v) is 1.53. The van der Waals surface area contributed by atoms with Crippen molar-refractivity contribution in [1.29, 1.82) is 0 Å². The lowest BCUT2D eigenvalue weighted by atomic mass is 10.0. The molecule has 1 heterocycles. The summed E-state index contributed by atoms with van der Waals surface area (Å²) in [5.74, 6) is -1.63. The Kier molecular flexibility index (Phi) is 3.71. The largest absolute Gasteiger partial charge is 0.478 e. The van der Waals surface area contributed by atoms with Crippen LogP contribution in [-0.2, 0) is 14.3 Å². The highest BCUT2D eigenvalue weighted by Crippen LogP contribution is 2.26. The SMILES string of the molecule is C/C(N)=C(\CCC1(C)OCCO1)C(=O)O. The third-order valence-corrected chi connectivity index (χ3v) is 2.46. The van der Waals surface area contributed by atoms with Gasteiger partial charge in [0.05, 0.1) is 18.8 Å². The molecule has 0 unspecified atom stereocenters. The van der Waals surface area contributed by atoms with E-state index in [1.165, 1.54) is 0 Å². The molecule has 1 fully saturated rings. The third kappa shape index (κ3) is 3.21. The zero-order valence-electron chi connectivity index (χ0n) is 9.08. The molecule has 0 aromatic carbocycles. The average Bonchev–Trinajstić information content (AvgIpc) is 2.51. The molecule has 0 aromatic heterocycles. The molecule has 0 aliphatic carbocycles. The first-order valence-electron chi connectivity index (χ1n) is 4.91. The van der Waals surface area contributed by atoms with Crippen LogP contribution in [0.25, 0.3) is 0 Å². The van der Waals surface area contributed by atoms with Gasteiger partial charge in [-0.15, -0.1) is 0 Å². The smallest absolute Gasteiger partial charge is 0.333 e. The van der Waals surface area contributed by atoms with E-state index < -0.39 is 11.8 Å². The zero-order valence-corrected chi connectivity index (χ0v) is 9.08. The van der Waals surface area contributed by atoms with Gasteiger partial charge in [0, 0.05) is 12.1 Å². The monoisotopic (exact) mass is 215 g/mol. The number of carboxylic acids is 1. The van der Waals surface area contributed by atoms with Gasteiger partial charge in [-0.25, -0.2) is 4.79 Å². The van der Waals surface area contributed by atoms with Gasteiger partial charge in [0.2, 0.25) is 0 Å². The zero-order chi connectivity index (χ0) is 11.5. The highest BCUT2D eigenvalue weighted by molar-refractivity contribution is 5.87. The first-order chi connectivity index (χ1) is 6.94. The quantitative estimate of drug-likeness (QED) is 0.679. The van der Waals surface area contributed by atoms with Crippen LogP contribution in [0.3, 0.4) is 0 Å². The molecule has 0 bridgehead atoms. The Labute approximate surface area is 88.9 Å². The number of hydrogen-bond acceptors (Lipinski definition) is 4. The van der Waals surface area contributed by atoms with Crippen LogP contribution in [0.4, 0.5) is 0 Å². The molecule has 5 heteroatoms. The summed E-state index contributed by atoms with van der Waals surface area (Å²) in [5, 5.41) is 8.88. The molecule has 0 amide bonds. The standard InChI is InChI=1S/C10H17NO4/c1-7(11)8(9(12)13)3-4-10(2)14-5-6-15-10/h3-6,11H2,1-2H3,(H,12,13)/b8-7-. The molecular formula is C10H17NO4. The second kappa shape index (κ2) is 4.63. The number of ether oxygens (including phenoxy) is 2. The van der Waals surface area contributed by atoms with E-state index in [1.807, 2.05) is 6.92 Å². The maximum atomic E-state index is 10.8. The number of hydrogen-bond donors (Lipinski definition) is 2. The Bertz CT molecular complexity index is 275. The molecular weight excluding hydrogens is 198 g/mol. The Morgan fingerprint density at radius 2 is 2.00 bits per heavy atom. The van der Waals surface area contributed by atoms with Gasteiger partial charge in [-0.1, -0.05) is 0 Å². The Morgan fingerprint density at radius 3 is 2.40 bits per heavy atom. The van der Waals surface area contributed by atoms with Crippen LogP contribution < -0.4 is 5.73 Å². The van der Waals surface area contributed by atoms with Crippen molar-refractivity contribution in [2.45, 2.75) is 32.5 Å². The van der Waals surface area contributed by atoms with Gasteiger partial charge in [-0.3, -0.25) is 0 Å². The number of nitrogens with two attached hydrogens (primary N) is 1. The maximum absolute atomic E-state index is 10.8. The van der Waals surface area contributed by atoms with Gasteiger partial charge in [-0.2, -0.15) is 0 Å². The summed E-state index contributed by atoms with van der Waals surface area (Å²) < 4.78 is 10.7. The highest BCUT2D eigenvalue weighted by Gasteiger charge is 2.31. The summed E-state index contributed by atoms with van der Waals surface area (Å²) in [6, 6.07) is 0. The van der Waals surface area contributed by atoms with Crippen LogP contribution in [-0.4, -0.2) is 30.1 Å². The number of allylic oxidation sites excluding steroid dienone is 1. The van der Waals surface area contributed by atoms with E-state index in [9.17, 15) is 4.79 Å². The minimum atomic E-state index is -0.975. The fourth-order valence-electron chi connectivity index (χ4n) is 1.53. The second-order valence-electron chi connectivity index (χ2n) is 3.80. The molecule has 1 aliphatic rings. The Hall–Kier alpha value is -1.07. The minimum absolute atomic E-state index is 0.232. The van der Waals surface area contributed by atoms with Crippen LogP contribution in [0, 0.1) is 0 Å². The number of carbonyl (C=O) groups is 1. The van der Waals surface area contributed by atoms with E-state index in [-0.39, 0.29) is 5.57 Å². The molecule has 3 N–H and O–H groups in total. The van der Waals surface area contributed by atoms with Gasteiger partial charge in [0.25, 0.3) is 0 Å². The number of aliphatic carboxylic acids is 1. The van der Waals surface area contributed by atoms with Gasteiger partial charge < -0.3 is 20.3 Å². The summed E-state index contributed by atoms with van der Waals surface area (Å²) in [6.07, 6.45) is 0.858. The first-order valence-corrected chi connectivity index (χ1v) is 4.91. The van der Waals surface area contributed by atoms with E-state index in [2.05, 4.69) is 0 Å². The summed E-state index contributed by atoms with van der Waals surface area (Å²) >= 11 is 0. The lowest BCUT2D eigenvalue weighted by Gasteiger charge is -2.22. The van der Waals surface area contributed by atoms with Gasteiger partial charge >= 0.3 is 5.97 Å². The molecule has 0 atom stereocenters. The summed E-state index contributed by atoms with van der Waals surface area (Å²) in [6.45, 7) is 4.52. The third-order valence-electron chi connectivity index (χ3n) is 2.46. The van der Waals surface area contributed by atoms with Crippen LogP contribution >= 0.6 is 0 Å². The van der Waals surface area contributed by atoms with Crippen molar-refractivity contribution in [2.24, 2.45) is 5.73 Å². The van der Waals surface area contributed by atoms with Crippen molar-refractivity contribution in [2.75, 3.05) is 13.2 Å². The van der Waals surface area contributed by atoms with E-state index in [4.69, 9.17) is 20.3 Å². The average molecular weight is 215 g/mol. The van der Waals surface area contributed by atoms with Crippen LogP contribution in [0.5, 0.6) is 0 Å². The van der Waals surface area contributed by atoms with Crippen molar-refractivity contribution in [3.8, 4) is 0 Å². The van der Waals surface area contributed by atoms with Crippen LogP contribution in [0.15, 0.2) is 11.3 Å². The van der Waals surface area contributed by atoms with Crippen molar-refractivity contribution in [3.05, 3.63) is 11.3 Å². The van der Waals surface area contributed by atoms with E-state index in [0.29, 0.717) is 31.8 Å². The fraction of sp³-hybridized carbons (Fsp3) is 0.700. The van der Waals surface area contributed by atoms with Gasteiger partial charge in [0.15, 0.2) is 5.79 Å². The van der Waals surface area contributed by atoms with Crippen molar-refractivity contribution < 1.29 is 19.4 Å². The molecule has 86 valence electrons. The molecule has 1 saturated heterocycles. The van der Waals surface area contributed by atoms with Gasteiger partial charge in [-0.05, 0) is 20.3 Å². The normalized spacial score (nSPS) is 21.2. The van der Waals surface area contributed by atoms with Crippen LogP contribution in [0.2, 0.25) is 0 Å². The van der Waals surface area contributed by atoms with E-state index in [0.717, 1.165) is 0 Å². The highest BCUT2D eigenvalue weighted by atomic mass is 16.7. The predicted octanol–water partition coefficient (Wildman–Crippen LogP) is 0.847. The summed E-state index contributed by atoms with van der Waals surface area (Å²) in [7, 11) is 0. The number of rotatable bonds is 4. The Morgan fingerprint density at radius 1 is 1.47 bits per heavy atom. The molecule has 1 rings (SSSR count). The summed E-state index contributed by atoms with van der Waals surface area (Å²) in [4.78, 5) is 10.8. The van der Waals surface area contributed by atoms with Crippen LogP contribution in [0.1, 0.15) is 26.7 Å². The van der Waals surface area contributed by atoms with Gasteiger partial charge in [0.1, 0.15) is 0 Å². The molecule has 1 aliphatic heterocycles. The van der Waals surface area contributed by atoms with Crippen molar-refractivity contribution in [1.82, 2.24) is 0 Å². The lowest BCUT2D eigenvalue weighted by Crippen LogP contribution is -2.26. The predicted molar refractivity (Wildman–Crippen MR) is 54.1 cm³/mol. The molecule has 15 heavy (non-hydrogen) atoms. The first kappa shape index (κ1) is 12.0. The summed E-state index contributed by atoms with van der Waals surface area (Å²) in [5.41, 5.74) is 6.05. The lowest BCUT2D eigenvalue weighted by molar-refractivity contribution is -0.147. The molecule has 5 nitrogen and oxygen atoms in total. The van der Waals surface area contributed by atoms with Crippen molar-refractivity contribution >= 4 is 5.97 Å². The molecule has 0 saturated carbocycles.